The summed E-state index contributed by atoms with van der Waals surface area (Å²) in [4.78, 5) is 11.8. The van der Waals surface area contributed by atoms with E-state index in [0.29, 0.717) is 12.0 Å². The van der Waals surface area contributed by atoms with Gasteiger partial charge >= 0.3 is 0 Å². The van der Waals surface area contributed by atoms with Crippen molar-refractivity contribution >= 4 is 11.5 Å². The Bertz CT molecular complexity index is 435. The predicted molar refractivity (Wildman–Crippen MR) is 59.1 cm³/mol. The van der Waals surface area contributed by atoms with Crippen LogP contribution in [-0.4, -0.2) is 10.9 Å². The van der Waals surface area contributed by atoms with Crippen molar-refractivity contribution in [3.05, 3.63) is 23.3 Å². The smallest absolute Gasteiger partial charge is 0.165 e. The molecule has 0 radical (unpaired) electrons. The van der Waals surface area contributed by atoms with E-state index in [4.69, 9.17) is 5.73 Å². The zero-order valence-corrected chi connectivity index (χ0v) is 9.00. The second kappa shape index (κ2) is 2.99. The van der Waals surface area contributed by atoms with E-state index in [1.165, 1.54) is 0 Å². The molecule has 1 aromatic carbocycles. The number of Topliss-reactive ketones (excluding diaryl/α,β-unsaturated/α-hetero) is 1. The molecule has 0 saturated heterocycles. The van der Waals surface area contributed by atoms with Crippen molar-refractivity contribution in [1.82, 2.24) is 0 Å². The maximum Gasteiger partial charge on any atom is 0.165 e. The molecule has 3 heteroatoms. The Kier molecular flexibility index (Phi) is 2.00. The molecule has 15 heavy (non-hydrogen) atoms. The van der Waals surface area contributed by atoms with Crippen LogP contribution in [0.1, 0.15) is 42.6 Å². The summed E-state index contributed by atoms with van der Waals surface area (Å²) in [6.45, 7) is 4.18. The van der Waals surface area contributed by atoms with Crippen LogP contribution >= 0.6 is 0 Å². The molecule has 0 aromatic heterocycles. The number of phenols is 1. The number of aromatic hydroxyl groups is 1. The topological polar surface area (TPSA) is 63.3 Å². The molecule has 0 saturated carbocycles. The van der Waals surface area contributed by atoms with Crippen LogP contribution in [0.3, 0.4) is 0 Å². The van der Waals surface area contributed by atoms with Crippen LogP contribution in [0.2, 0.25) is 0 Å². The normalized spacial score (nSPS) is 18.7. The van der Waals surface area contributed by atoms with Gasteiger partial charge in [0.2, 0.25) is 0 Å². The number of nitrogens with two attached hydrogens (primary N) is 1. The van der Waals surface area contributed by atoms with Gasteiger partial charge in [-0.25, -0.2) is 0 Å². The number of carbonyl (C=O) groups is 1. The number of ketones is 1. The number of hydrogen-bond donors (Lipinski definition) is 2. The lowest BCUT2D eigenvalue weighted by molar-refractivity contribution is 0.0957. The van der Waals surface area contributed by atoms with E-state index < -0.39 is 0 Å². The second-order valence-corrected chi connectivity index (χ2v) is 4.73. The summed E-state index contributed by atoms with van der Waals surface area (Å²) in [6, 6.07) is 3.37. The molecule has 0 bridgehead atoms. The highest BCUT2D eigenvalue weighted by molar-refractivity contribution is 6.04. The number of carbonyl (C=O) groups excluding carboxylic acids is 1. The SMILES string of the molecule is CC1(C)CCC(=O)c2c1ccc(O)c2N. The number of anilines is 1. The van der Waals surface area contributed by atoms with Gasteiger partial charge in [-0.15, -0.1) is 0 Å². The van der Waals surface area contributed by atoms with Crippen molar-refractivity contribution in [1.29, 1.82) is 0 Å². The van der Waals surface area contributed by atoms with E-state index in [9.17, 15) is 9.90 Å². The maximum absolute atomic E-state index is 11.8. The largest absolute Gasteiger partial charge is 0.506 e. The summed E-state index contributed by atoms with van der Waals surface area (Å²) in [7, 11) is 0. The fourth-order valence-electron chi connectivity index (χ4n) is 2.16. The first-order valence-electron chi connectivity index (χ1n) is 5.08. The number of benzene rings is 1. The Morgan fingerprint density at radius 3 is 2.73 bits per heavy atom. The molecule has 2 rings (SSSR count). The minimum Gasteiger partial charge on any atom is -0.506 e. The van der Waals surface area contributed by atoms with Crippen LogP contribution in [0.5, 0.6) is 5.75 Å². The van der Waals surface area contributed by atoms with Gasteiger partial charge in [-0.2, -0.15) is 0 Å². The van der Waals surface area contributed by atoms with E-state index in [1.807, 2.05) is 0 Å². The molecule has 0 spiro atoms. The summed E-state index contributed by atoms with van der Waals surface area (Å²) >= 11 is 0. The molecule has 0 heterocycles. The average molecular weight is 205 g/mol. The minimum absolute atomic E-state index is 0.000185. The molecule has 0 aliphatic heterocycles. The lowest BCUT2D eigenvalue weighted by Crippen LogP contribution is -2.28. The highest BCUT2D eigenvalue weighted by atomic mass is 16.3. The van der Waals surface area contributed by atoms with Gasteiger partial charge in [0, 0.05) is 12.0 Å². The summed E-state index contributed by atoms with van der Waals surface area (Å²) in [5.41, 5.74) is 7.41. The van der Waals surface area contributed by atoms with Gasteiger partial charge in [0.05, 0.1) is 5.69 Å². The molecule has 0 atom stereocenters. The van der Waals surface area contributed by atoms with E-state index in [-0.39, 0.29) is 22.6 Å². The molecule has 0 amide bonds. The Morgan fingerprint density at radius 2 is 2.07 bits per heavy atom. The van der Waals surface area contributed by atoms with Crippen LogP contribution in [0.4, 0.5) is 5.69 Å². The van der Waals surface area contributed by atoms with Gasteiger partial charge in [-0.3, -0.25) is 4.79 Å². The van der Waals surface area contributed by atoms with E-state index >= 15 is 0 Å². The number of hydrogen-bond acceptors (Lipinski definition) is 3. The first kappa shape index (κ1) is 10.0. The molecule has 1 aliphatic carbocycles. The molecule has 0 fully saturated rings. The molecule has 3 N–H and O–H groups in total. The van der Waals surface area contributed by atoms with Gasteiger partial charge in [0.1, 0.15) is 5.75 Å². The molecule has 0 unspecified atom stereocenters. The Morgan fingerprint density at radius 1 is 1.40 bits per heavy atom. The van der Waals surface area contributed by atoms with Gasteiger partial charge in [0.15, 0.2) is 5.78 Å². The summed E-state index contributed by atoms with van der Waals surface area (Å²) in [5.74, 6) is 0.0394. The fraction of sp³-hybridized carbons (Fsp3) is 0.417. The number of phenolic OH excluding ortho intramolecular Hbond substituents is 1. The third-order valence-electron chi connectivity index (χ3n) is 3.21. The Hall–Kier alpha value is -1.51. The van der Waals surface area contributed by atoms with Crippen molar-refractivity contribution in [2.24, 2.45) is 0 Å². The van der Waals surface area contributed by atoms with E-state index in [0.717, 1.165) is 12.0 Å². The van der Waals surface area contributed by atoms with Crippen LogP contribution in [0.25, 0.3) is 0 Å². The third kappa shape index (κ3) is 1.39. The van der Waals surface area contributed by atoms with Crippen molar-refractivity contribution < 1.29 is 9.90 Å². The van der Waals surface area contributed by atoms with E-state index in [1.54, 1.807) is 12.1 Å². The van der Waals surface area contributed by atoms with Crippen molar-refractivity contribution in [3.63, 3.8) is 0 Å². The number of nitrogen functional groups attached to an aromatic ring is 1. The molecule has 1 aromatic rings. The summed E-state index contributed by atoms with van der Waals surface area (Å²) in [6.07, 6.45) is 1.34. The van der Waals surface area contributed by atoms with Gasteiger partial charge < -0.3 is 10.8 Å². The van der Waals surface area contributed by atoms with Crippen LogP contribution in [0.15, 0.2) is 12.1 Å². The van der Waals surface area contributed by atoms with Crippen molar-refractivity contribution in [2.75, 3.05) is 5.73 Å². The fourth-order valence-corrected chi connectivity index (χ4v) is 2.16. The molecule has 3 nitrogen and oxygen atoms in total. The standard InChI is InChI=1S/C12H15NO2/c1-12(2)6-5-8(14)10-7(12)3-4-9(15)11(10)13/h3-4,15H,5-6,13H2,1-2H3. The van der Waals surface area contributed by atoms with Gasteiger partial charge in [-0.05, 0) is 23.5 Å². The Balaban J connectivity index is 2.73. The van der Waals surface area contributed by atoms with Crippen LogP contribution < -0.4 is 5.73 Å². The van der Waals surface area contributed by atoms with Crippen LogP contribution in [-0.2, 0) is 5.41 Å². The van der Waals surface area contributed by atoms with Gasteiger partial charge in [0.25, 0.3) is 0 Å². The third-order valence-corrected chi connectivity index (χ3v) is 3.21. The highest BCUT2D eigenvalue weighted by Gasteiger charge is 2.33. The quantitative estimate of drug-likeness (QED) is 0.504. The lowest BCUT2D eigenvalue weighted by Gasteiger charge is -2.32. The van der Waals surface area contributed by atoms with Crippen molar-refractivity contribution in [2.45, 2.75) is 32.1 Å². The maximum atomic E-state index is 11.8. The molecule has 80 valence electrons. The first-order valence-corrected chi connectivity index (χ1v) is 5.08. The predicted octanol–water partition coefficient (Wildman–Crippen LogP) is 2.23. The van der Waals surface area contributed by atoms with Gasteiger partial charge in [-0.1, -0.05) is 19.9 Å². The zero-order chi connectivity index (χ0) is 11.2. The first-order chi connectivity index (χ1) is 6.93. The number of fused-ring (bicyclic) bond motifs is 1. The summed E-state index contributed by atoms with van der Waals surface area (Å²) in [5, 5.41) is 9.49. The zero-order valence-electron chi connectivity index (χ0n) is 9.00. The Labute approximate surface area is 88.9 Å². The van der Waals surface area contributed by atoms with Crippen LogP contribution in [0, 0.1) is 0 Å². The molecular formula is C12H15NO2. The molecule has 1 aliphatic rings. The minimum atomic E-state index is -0.0366. The molecular weight excluding hydrogens is 190 g/mol. The highest BCUT2D eigenvalue weighted by Crippen LogP contribution is 2.41. The average Bonchev–Trinajstić information content (AvgIpc) is 2.17. The summed E-state index contributed by atoms with van der Waals surface area (Å²) < 4.78 is 0. The number of rotatable bonds is 0. The lowest BCUT2D eigenvalue weighted by atomic mass is 9.72. The monoisotopic (exact) mass is 205 g/mol. The second-order valence-electron chi connectivity index (χ2n) is 4.73. The van der Waals surface area contributed by atoms with Crippen molar-refractivity contribution in [3.8, 4) is 5.75 Å². The van der Waals surface area contributed by atoms with E-state index in [2.05, 4.69) is 13.8 Å².